The first-order chi connectivity index (χ1) is 10.8. The molecule has 1 aromatic rings. The van der Waals surface area contributed by atoms with Crippen molar-refractivity contribution in [2.75, 3.05) is 13.1 Å². The lowest BCUT2D eigenvalue weighted by molar-refractivity contribution is -0.138. The summed E-state index contributed by atoms with van der Waals surface area (Å²) in [5.74, 6) is -1.53. The number of aliphatic carboxylic acids is 1. The molecule has 7 heteroatoms. The maximum absolute atomic E-state index is 13.0. The van der Waals surface area contributed by atoms with E-state index in [0.717, 1.165) is 12.5 Å². The van der Waals surface area contributed by atoms with E-state index in [0.29, 0.717) is 25.9 Å². The number of carbonyl (C=O) groups excluding carboxylic acids is 1. The Kier molecular flexibility index (Phi) is 5.28. The van der Waals surface area contributed by atoms with Gasteiger partial charge in [-0.2, -0.15) is 13.2 Å². The molecule has 1 unspecified atom stereocenters. The summed E-state index contributed by atoms with van der Waals surface area (Å²) in [6.07, 6.45) is -2.68. The van der Waals surface area contributed by atoms with Crippen LogP contribution in [-0.4, -0.2) is 35.0 Å². The summed E-state index contributed by atoms with van der Waals surface area (Å²) in [6, 6.07) is 4.75. The number of piperidine rings is 1. The molecule has 4 nitrogen and oxygen atoms in total. The van der Waals surface area contributed by atoms with Gasteiger partial charge in [-0.25, -0.2) is 0 Å². The van der Waals surface area contributed by atoms with Crippen molar-refractivity contribution in [2.45, 2.75) is 31.9 Å². The van der Waals surface area contributed by atoms with Crippen molar-refractivity contribution in [2.24, 2.45) is 5.92 Å². The van der Waals surface area contributed by atoms with Crippen molar-refractivity contribution in [1.82, 2.24) is 4.90 Å². The lowest BCUT2D eigenvalue weighted by Crippen LogP contribution is -2.40. The minimum atomic E-state index is -4.58. The summed E-state index contributed by atoms with van der Waals surface area (Å²) in [4.78, 5) is 24.5. The Morgan fingerprint density at radius 2 is 1.96 bits per heavy atom. The number of carbonyl (C=O) groups is 2. The zero-order valence-corrected chi connectivity index (χ0v) is 12.5. The minimum Gasteiger partial charge on any atom is -0.481 e. The molecule has 2 rings (SSSR count). The second-order valence-corrected chi connectivity index (χ2v) is 5.74. The number of benzene rings is 1. The summed E-state index contributed by atoms with van der Waals surface area (Å²) < 4.78 is 39.1. The normalized spacial score (nSPS) is 18.7. The Labute approximate surface area is 131 Å². The molecular formula is C16H18F3NO3. The van der Waals surface area contributed by atoms with Gasteiger partial charge in [0.05, 0.1) is 11.1 Å². The highest BCUT2D eigenvalue weighted by molar-refractivity contribution is 5.96. The van der Waals surface area contributed by atoms with Crippen molar-refractivity contribution >= 4 is 11.9 Å². The van der Waals surface area contributed by atoms with E-state index in [1.165, 1.54) is 23.1 Å². The van der Waals surface area contributed by atoms with Crippen molar-refractivity contribution < 1.29 is 27.9 Å². The van der Waals surface area contributed by atoms with Gasteiger partial charge in [-0.15, -0.1) is 0 Å². The maximum atomic E-state index is 13.0. The van der Waals surface area contributed by atoms with Gasteiger partial charge < -0.3 is 10.0 Å². The topological polar surface area (TPSA) is 57.6 Å². The van der Waals surface area contributed by atoms with Gasteiger partial charge in [0, 0.05) is 19.5 Å². The number of hydrogen-bond donors (Lipinski definition) is 1. The van der Waals surface area contributed by atoms with Crippen LogP contribution in [0.15, 0.2) is 24.3 Å². The molecule has 1 fully saturated rings. The second kappa shape index (κ2) is 7.02. The molecule has 126 valence electrons. The van der Waals surface area contributed by atoms with E-state index in [1.54, 1.807) is 0 Å². The van der Waals surface area contributed by atoms with Crippen molar-refractivity contribution in [1.29, 1.82) is 0 Å². The van der Waals surface area contributed by atoms with Gasteiger partial charge in [-0.3, -0.25) is 9.59 Å². The zero-order valence-electron chi connectivity index (χ0n) is 12.5. The fraction of sp³-hybridized carbons (Fsp3) is 0.500. The molecule has 0 spiro atoms. The molecule has 1 N–H and O–H groups in total. The second-order valence-electron chi connectivity index (χ2n) is 5.74. The van der Waals surface area contributed by atoms with Crippen LogP contribution in [-0.2, 0) is 11.0 Å². The first-order valence-electron chi connectivity index (χ1n) is 7.46. The Morgan fingerprint density at radius 1 is 1.26 bits per heavy atom. The Hall–Kier alpha value is -2.05. The van der Waals surface area contributed by atoms with E-state index < -0.39 is 23.6 Å². The van der Waals surface area contributed by atoms with Gasteiger partial charge in [-0.05, 0) is 37.3 Å². The van der Waals surface area contributed by atoms with E-state index in [4.69, 9.17) is 5.11 Å². The van der Waals surface area contributed by atoms with Crippen LogP contribution in [0, 0.1) is 5.92 Å². The number of rotatable bonds is 4. The van der Waals surface area contributed by atoms with E-state index in [1.807, 2.05) is 0 Å². The van der Waals surface area contributed by atoms with Crippen LogP contribution in [0.5, 0.6) is 0 Å². The molecular weight excluding hydrogens is 311 g/mol. The molecule has 1 heterocycles. The van der Waals surface area contributed by atoms with Crippen LogP contribution in [0.25, 0.3) is 0 Å². The van der Waals surface area contributed by atoms with E-state index in [-0.39, 0.29) is 17.9 Å². The molecule has 1 aromatic carbocycles. The Balaban J connectivity index is 2.13. The number of alkyl halides is 3. The van der Waals surface area contributed by atoms with Gasteiger partial charge in [0.1, 0.15) is 0 Å². The average molecular weight is 329 g/mol. The molecule has 0 aliphatic carbocycles. The third-order valence-electron chi connectivity index (χ3n) is 4.04. The molecule has 1 aliphatic heterocycles. The molecule has 0 aromatic heterocycles. The molecule has 1 aliphatic rings. The lowest BCUT2D eigenvalue weighted by Gasteiger charge is -2.33. The maximum Gasteiger partial charge on any atom is 0.417 e. The summed E-state index contributed by atoms with van der Waals surface area (Å²) >= 11 is 0. The van der Waals surface area contributed by atoms with Gasteiger partial charge in [0.15, 0.2) is 0 Å². The summed E-state index contributed by atoms with van der Waals surface area (Å²) in [7, 11) is 0. The Morgan fingerprint density at radius 3 is 2.61 bits per heavy atom. The first-order valence-corrected chi connectivity index (χ1v) is 7.46. The third-order valence-corrected chi connectivity index (χ3v) is 4.04. The molecule has 1 amide bonds. The number of likely N-dealkylation sites (tertiary alicyclic amines) is 1. The lowest BCUT2D eigenvalue weighted by atomic mass is 9.92. The van der Waals surface area contributed by atoms with Crippen molar-refractivity contribution in [3.63, 3.8) is 0 Å². The summed E-state index contributed by atoms with van der Waals surface area (Å²) in [6.45, 7) is 0.701. The van der Waals surface area contributed by atoms with Crippen LogP contribution < -0.4 is 0 Å². The van der Waals surface area contributed by atoms with Crippen LogP contribution >= 0.6 is 0 Å². The molecule has 0 saturated carbocycles. The molecule has 0 radical (unpaired) electrons. The average Bonchev–Trinajstić information content (AvgIpc) is 2.51. The molecule has 1 atom stereocenters. The molecule has 0 bridgehead atoms. The third kappa shape index (κ3) is 4.46. The highest BCUT2D eigenvalue weighted by Crippen LogP contribution is 2.33. The predicted octanol–water partition coefficient (Wildman–Crippen LogP) is 3.42. The predicted molar refractivity (Wildman–Crippen MR) is 76.9 cm³/mol. The van der Waals surface area contributed by atoms with Gasteiger partial charge in [0.2, 0.25) is 0 Å². The van der Waals surface area contributed by atoms with E-state index in [2.05, 4.69) is 0 Å². The highest BCUT2D eigenvalue weighted by Gasteiger charge is 2.36. The number of carboxylic acid groups (broad SMARTS) is 1. The van der Waals surface area contributed by atoms with Crippen LogP contribution in [0.2, 0.25) is 0 Å². The molecule has 23 heavy (non-hydrogen) atoms. The Bertz CT molecular complexity index is 586. The van der Waals surface area contributed by atoms with Crippen molar-refractivity contribution in [3.8, 4) is 0 Å². The fourth-order valence-electron chi connectivity index (χ4n) is 2.90. The van der Waals surface area contributed by atoms with Gasteiger partial charge in [-0.1, -0.05) is 12.1 Å². The first kappa shape index (κ1) is 17.3. The van der Waals surface area contributed by atoms with E-state index >= 15 is 0 Å². The number of carboxylic acids is 1. The summed E-state index contributed by atoms with van der Waals surface area (Å²) in [5.41, 5.74) is -1.28. The number of hydrogen-bond acceptors (Lipinski definition) is 2. The molecule has 1 saturated heterocycles. The zero-order chi connectivity index (χ0) is 17.0. The SMILES string of the molecule is O=C(O)CCC1CCCN(C(=O)c2ccccc2C(F)(F)F)C1. The summed E-state index contributed by atoms with van der Waals surface area (Å²) in [5, 5.41) is 8.72. The smallest absolute Gasteiger partial charge is 0.417 e. The largest absolute Gasteiger partial charge is 0.481 e. The number of halogens is 3. The van der Waals surface area contributed by atoms with Gasteiger partial charge >= 0.3 is 12.1 Å². The van der Waals surface area contributed by atoms with Crippen LogP contribution in [0.1, 0.15) is 41.6 Å². The number of nitrogens with zero attached hydrogens (tertiary/aromatic N) is 1. The quantitative estimate of drug-likeness (QED) is 0.921. The highest BCUT2D eigenvalue weighted by atomic mass is 19.4. The minimum absolute atomic E-state index is 0.00579. The standard InChI is InChI=1S/C16H18F3NO3/c17-16(18,19)13-6-2-1-5-12(13)15(23)20-9-3-4-11(10-20)7-8-14(21)22/h1-2,5-6,11H,3-4,7-10H2,(H,21,22). The monoisotopic (exact) mass is 329 g/mol. The van der Waals surface area contributed by atoms with Crippen LogP contribution in [0.3, 0.4) is 0 Å². The van der Waals surface area contributed by atoms with Gasteiger partial charge in [0.25, 0.3) is 5.91 Å². The van der Waals surface area contributed by atoms with E-state index in [9.17, 15) is 22.8 Å². The van der Waals surface area contributed by atoms with Crippen molar-refractivity contribution in [3.05, 3.63) is 35.4 Å². The fourth-order valence-corrected chi connectivity index (χ4v) is 2.90. The van der Waals surface area contributed by atoms with Crippen LogP contribution in [0.4, 0.5) is 13.2 Å². The number of amides is 1.